The maximum Gasteiger partial charge on any atom is 0.239 e. The molecule has 2 atom stereocenters. The largest absolute Gasteiger partial charge is 0.376 e. The number of hydrogen-bond donors (Lipinski definition) is 1. The highest BCUT2D eigenvalue weighted by Gasteiger charge is 2.27. The summed E-state index contributed by atoms with van der Waals surface area (Å²) in [7, 11) is 2.01. The van der Waals surface area contributed by atoms with Crippen molar-refractivity contribution in [1.29, 1.82) is 5.26 Å². The van der Waals surface area contributed by atoms with E-state index in [2.05, 4.69) is 45.1 Å². The van der Waals surface area contributed by atoms with E-state index in [1.807, 2.05) is 20.9 Å². The quantitative estimate of drug-likeness (QED) is 0.764. The lowest BCUT2D eigenvalue weighted by molar-refractivity contribution is -0.117. The van der Waals surface area contributed by atoms with Crippen LogP contribution in [0.25, 0.3) is 0 Å². The van der Waals surface area contributed by atoms with Gasteiger partial charge in [0.25, 0.3) is 0 Å². The molecular formula is C25H32N4O2. The number of ether oxygens (including phenoxy) is 1. The number of anilines is 1. The smallest absolute Gasteiger partial charge is 0.239 e. The Bertz CT molecular complexity index is 998. The lowest BCUT2D eigenvalue weighted by atomic mass is 9.87. The van der Waals surface area contributed by atoms with E-state index in [1.165, 1.54) is 11.1 Å². The van der Waals surface area contributed by atoms with Gasteiger partial charge in [-0.15, -0.1) is 0 Å². The molecule has 2 aliphatic rings. The van der Waals surface area contributed by atoms with Crippen LogP contribution in [0, 0.1) is 25.2 Å². The van der Waals surface area contributed by atoms with E-state index in [-0.39, 0.29) is 24.6 Å². The zero-order valence-electron chi connectivity index (χ0n) is 18.8. The fraction of sp³-hybridized carbons (Fsp3) is 0.520. The molecule has 1 aliphatic heterocycles. The van der Waals surface area contributed by atoms with Gasteiger partial charge in [-0.3, -0.25) is 9.69 Å². The molecule has 1 aromatic heterocycles. The van der Waals surface area contributed by atoms with E-state index in [0.717, 1.165) is 50.0 Å². The van der Waals surface area contributed by atoms with Gasteiger partial charge in [0.05, 0.1) is 24.8 Å². The lowest BCUT2D eigenvalue weighted by Gasteiger charge is -2.33. The van der Waals surface area contributed by atoms with Crippen LogP contribution < -0.4 is 5.32 Å². The lowest BCUT2D eigenvalue weighted by Crippen LogP contribution is -2.35. The second-order valence-electron chi connectivity index (χ2n) is 8.86. The Labute approximate surface area is 184 Å². The molecule has 1 amide bonds. The average molecular weight is 421 g/mol. The molecule has 6 heteroatoms. The van der Waals surface area contributed by atoms with Gasteiger partial charge in [-0.1, -0.05) is 24.3 Å². The summed E-state index contributed by atoms with van der Waals surface area (Å²) in [6.45, 7) is 5.68. The van der Waals surface area contributed by atoms with E-state index in [4.69, 9.17) is 4.74 Å². The number of aryl methyl sites for hydroxylation is 1. The molecule has 1 fully saturated rings. The Morgan fingerprint density at radius 1 is 1.29 bits per heavy atom. The van der Waals surface area contributed by atoms with E-state index in [9.17, 15) is 10.1 Å². The molecule has 6 nitrogen and oxygen atoms in total. The first-order valence-corrected chi connectivity index (χ1v) is 11.3. The molecule has 0 radical (unpaired) electrons. The van der Waals surface area contributed by atoms with Crippen molar-refractivity contribution in [2.75, 3.05) is 25.5 Å². The second kappa shape index (κ2) is 9.25. The van der Waals surface area contributed by atoms with Crippen LogP contribution in [0.15, 0.2) is 24.3 Å². The Morgan fingerprint density at radius 3 is 2.84 bits per heavy atom. The van der Waals surface area contributed by atoms with E-state index in [1.54, 1.807) is 0 Å². The van der Waals surface area contributed by atoms with Gasteiger partial charge < -0.3 is 14.6 Å². The summed E-state index contributed by atoms with van der Waals surface area (Å²) in [5.41, 5.74) is 5.20. The number of nitrogens with zero attached hydrogens (tertiary/aromatic N) is 3. The number of carbonyl (C=O) groups excluding carboxylic acids is 1. The first kappa shape index (κ1) is 21.6. The molecule has 0 bridgehead atoms. The zero-order valence-corrected chi connectivity index (χ0v) is 18.8. The minimum atomic E-state index is -0.0897. The fourth-order valence-electron chi connectivity index (χ4n) is 5.05. The maximum absolute atomic E-state index is 13.0. The van der Waals surface area contributed by atoms with Gasteiger partial charge in [-0.05, 0) is 69.7 Å². The molecule has 164 valence electrons. The second-order valence-corrected chi connectivity index (χ2v) is 8.86. The summed E-state index contributed by atoms with van der Waals surface area (Å²) >= 11 is 0. The number of nitriles is 1. The van der Waals surface area contributed by atoms with Gasteiger partial charge >= 0.3 is 0 Å². The minimum absolute atomic E-state index is 0.0897. The van der Waals surface area contributed by atoms with Crippen molar-refractivity contribution in [1.82, 2.24) is 9.47 Å². The van der Waals surface area contributed by atoms with Crippen LogP contribution in [0.3, 0.4) is 0 Å². The summed E-state index contributed by atoms with van der Waals surface area (Å²) in [6.07, 6.45) is 5.49. The minimum Gasteiger partial charge on any atom is -0.376 e. The van der Waals surface area contributed by atoms with Crippen LogP contribution in [-0.4, -0.2) is 41.7 Å². The number of likely N-dealkylation sites (N-methyl/N-ethyl adjacent to an activating group) is 1. The number of carbonyl (C=O) groups is 1. The zero-order chi connectivity index (χ0) is 22.0. The number of hydrogen-bond acceptors (Lipinski definition) is 4. The van der Waals surface area contributed by atoms with Crippen molar-refractivity contribution in [2.24, 2.45) is 0 Å². The van der Waals surface area contributed by atoms with Crippen molar-refractivity contribution in [3.63, 3.8) is 0 Å². The van der Waals surface area contributed by atoms with Gasteiger partial charge in [0.15, 0.2) is 0 Å². The molecule has 0 unspecified atom stereocenters. The van der Waals surface area contributed by atoms with Crippen molar-refractivity contribution in [3.05, 3.63) is 52.2 Å². The molecule has 1 N–H and O–H groups in total. The molecule has 1 saturated heterocycles. The van der Waals surface area contributed by atoms with Crippen LogP contribution in [0.1, 0.15) is 59.7 Å². The van der Waals surface area contributed by atoms with Crippen molar-refractivity contribution in [3.8, 4) is 6.07 Å². The highest BCUT2D eigenvalue weighted by molar-refractivity contribution is 5.93. The highest BCUT2D eigenvalue weighted by atomic mass is 16.5. The summed E-state index contributed by atoms with van der Waals surface area (Å²) in [6, 6.07) is 11.1. The van der Waals surface area contributed by atoms with Gasteiger partial charge in [0.1, 0.15) is 11.9 Å². The Morgan fingerprint density at radius 2 is 2.10 bits per heavy atom. The standard InChI is InChI=1S/C25H32N4O2/c1-17-18(2)29(15-20-10-7-13-31-20)25(22(17)14-26)27-24(30)16-28(3)23-12-6-9-19-8-4-5-11-21(19)23/h4-5,8,11,20,23H,6-7,9-10,12-13,15-16H2,1-3H3,(H,27,30)/t20-,23-/m1/s1. The summed E-state index contributed by atoms with van der Waals surface area (Å²) in [5, 5.41) is 12.8. The average Bonchev–Trinajstić information content (AvgIpc) is 3.36. The SMILES string of the molecule is Cc1c(C#N)c(NC(=O)CN(C)[C@@H]2CCCc3ccccc32)n(C[C@H]2CCCO2)c1C. The van der Waals surface area contributed by atoms with Crippen LogP contribution in [-0.2, 0) is 22.5 Å². The van der Waals surface area contributed by atoms with Crippen molar-refractivity contribution >= 4 is 11.7 Å². The molecule has 0 spiro atoms. The Kier molecular flexibility index (Phi) is 6.45. The van der Waals surface area contributed by atoms with Crippen LogP contribution >= 0.6 is 0 Å². The predicted molar refractivity (Wildman–Crippen MR) is 121 cm³/mol. The number of nitrogens with one attached hydrogen (secondary N) is 1. The molecule has 31 heavy (non-hydrogen) atoms. The molecule has 1 aliphatic carbocycles. The van der Waals surface area contributed by atoms with Gasteiger partial charge in [-0.2, -0.15) is 5.26 Å². The van der Waals surface area contributed by atoms with E-state index in [0.29, 0.717) is 17.9 Å². The van der Waals surface area contributed by atoms with Gasteiger partial charge in [0, 0.05) is 18.3 Å². The molecular weight excluding hydrogens is 388 g/mol. The van der Waals surface area contributed by atoms with Crippen molar-refractivity contribution < 1.29 is 9.53 Å². The number of amides is 1. The van der Waals surface area contributed by atoms with E-state index >= 15 is 0 Å². The number of benzene rings is 1. The Balaban J connectivity index is 1.51. The third kappa shape index (κ3) is 4.39. The van der Waals surface area contributed by atoms with E-state index < -0.39 is 0 Å². The van der Waals surface area contributed by atoms with Crippen LogP contribution in [0.4, 0.5) is 5.82 Å². The summed E-state index contributed by atoms with van der Waals surface area (Å²) in [4.78, 5) is 15.2. The topological polar surface area (TPSA) is 70.3 Å². The maximum atomic E-state index is 13.0. The van der Waals surface area contributed by atoms with Gasteiger partial charge in [-0.25, -0.2) is 0 Å². The van der Waals surface area contributed by atoms with Crippen LogP contribution in [0.5, 0.6) is 0 Å². The number of fused-ring (bicyclic) bond motifs is 1. The first-order chi connectivity index (χ1) is 15.0. The molecule has 0 saturated carbocycles. The fourth-order valence-corrected chi connectivity index (χ4v) is 5.05. The molecule has 4 rings (SSSR count). The summed E-state index contributed by atoms with van der Waals surface area (Å²) < 4.78 is 7.86. The predicted octanol–water partition coefficient (Wildman–Crippen LogP) is 4.10. The molecule has 2 heterocycles. The summed E-state index contributed by atoms with van der Waals surface area (Å²) in [5.74, 6) is 0.517. The normalized spacial score (nSPS) is 20.5. The van der Waals surface area contributed by atoms with Crippen molar-refractivity contribution in [2.45, 2.75) is 64.6 Å². The Hall–Kier alpha value is -2.62. The third-order valence-corrected chi connectivity index (χ3v) is 6.87. The number of aromatic nitrogens is 1. The van der Waals surface area contributed by atoms with Crippen LogP contribution in [0.2, 0.25) is 0 Å². The highest BCUT2D eigenvalue weighted by Crippen LogP contribution is 2.33. The first-order valence-electron chi connectivity index (χ1n) is 11.3. The third-order valence-electron chi connectivity index (χ3n) is 6.87. The monoisotopic (exact) mass is 420 g/mol. The molecule has 2 aromatic rings. The van der Waals surface area contributed by atoms with Gasteiger partial charge in [0.2, 0.25) is 5.91 Å². The number of rotatable bonds is 6. The molecule has 1 aromatic carbocycles.